The fraction of sp³-hybridized carbons (Fsp3) is 0.389. The van der Waals surface area contributed by atoms with Crippen LogP contribution in [0.1, 0.15) is 11.1 Å². The van der Waals surface area contributed by atoms with E-state index in [9.17, 15) is 22.8 Å². The number of hydrogen-bond donors (Lipinski definition) is 1. The third kappa shape index (κ3) is 4.07. The Kier molecular flexibility index (Phi) is 5.52. The van der Waals surface area contributed by atoms with Crippen LogP contribution in [0.3, 0.4) is 0 Å². The Labute approximate surface area is 162 Å². The SMILES string of the molecule is Cc1ccc(C)c(S(=O)(=O)N2CCN(C(=O)Cn3ccc(=O)[nH]c3=O)CC2)c1. The zero-order valence-electron chi connectivity index (χ0n) is 15.7. The molecule has 9 nitrogen and oxygen atoms in total. The van der Waals surface area contributed by atoms with Crippen molar-refractivity contribution < 1.29 is 13.2 Å². The van der Waals surface area contributed by atoms with Gasteiger partial charge in [-0.15, -0.1) is 0 Å². The van der Waals surface area contributed by atoms with E-state index in [0.29, 0.717) is 5.56 Å². The lowest BCUT2D eigenvalue weighted by molar-refractivity contribution is -0.133. The molecule has 1 aliphatic heterocycles. The van der Waals surface area contributed by atoms with Crippen molar-refractivity contribution in [3.05, 3.63) is 62.4 Å². The second-order valence-electron chi connectivity index (χ2n) is 6.79. The predicted molar refractivity (Wildman–Crippen MR) is 103 cm³/mol. The highest BCUT2D eigenvalue weighted by atomic mass is 32.2. The number of carbonyl (C=O) groups excluding carboxylic acids is 1. The molecule has 2 heterocycles. The van der Waals surface area contributed by atoms with Crippen LogP contribution in [0.25, 0.3) is 0 Å². The molecule has 1 aromatic heterocycles. The monoisotopic (exact) mass is 406 g/mol. The number of amides is 1. The quantitative estimate of drug-likeness (QED) is 0.748. The molecule has 28 heavy (non-hydrogen) atoms. The molecule has 0 saturated carbocycles. The van der Waals surface area contributed by atoms with Gasteiger partial charge in [0.05, 0.1) is 4.90 Å². The summed E-state index contributed by atoms with van der Waals surface area (Å²) in [6.07, 6.45) is 1.26. The van der Waals surface area contributed by atoms with Gasteiger partial charge in [0, 0.05) is 38.4 Å². The van der Waals surface area contributed by atoms with E-state index in [4.69, 9.17) is 0 Å². The highest BCUT2D eigenvalue weighted by Gasteiger charge is 2.31. The Balaban J connectivity index is 1.68. The van der Waals surface area contributed by atoms with Gasteiger partial charge >= 0.3 is 5.69 Å². The Morgan fingerprint density at radius 1 is 1.07 bits per heavy atom. The molecule has 1 amide bonds. The summed E-state index contributed by atoms with van der Waals surface area (Å²) >= 11 is 0. The topological polar surface area (TPSA) is 113 Å². The van der Waals surface area contributed by atoms with Crippen LogP contribution >= 0.6 is 0 Å². The minimum absolute atomic E-state index is 0.183. The van der Waals surface area contributed by atoms with Crippen molar-refractivity contribution in [1.82, 2.24) is 18.8 Å². The second kappa shape index (κ2) is 7.72. The minimum Gasteiger partial charge on any atom is -0.338 e. The van der Waals surface area contributed by atoms with Crippen LogP contribution in [-0.4, -0.2) is 59.3 Å². The van der Waals surface area contributed by atoms with Gasteiger partial charge in [-0.1, -0.05) is 12.1 Å². The first-order valence-corrected chi connectivity index (χ1v) is 10.3. The number of aryl methyl sites for hydroxylation is 2. The predicted octanol–water partition coefficient (Wildman–Crippen LogP) is -0.313. The Bertz CT molecular complexity index is 1110. The molecule has 0 spiro atoms. The van der Waals surface area contributed by atoms with Crippen LogP contribution in [0, 0.1) is 13.8 Å². The van der Waals surface area contributed by atoms with E-state index < -0.39 is 21.3 Å². The van der Waals surface area contributed by atoms with E-state index in [1.54, 1.807) is 19.1 Å². The van der Waals surface area contributed by atoms with E-state index in [-0.39, 0.29) is 43.5 Å². The van der Waals surface area contributed by atoms with Gasteiger partial charge in [0.2, 0.25) is 15.9 Å². The minimum atomic E-state index is -3.63. The molecule has 1 aromatic carbocycles. The molecule has 1 aliphatic rings. The summed E-state index contributed by atoms with van der Waals surface area (Å²) in [4.78, 5) is 39.1. The molecule has 150 valence electrons. The summed E-state index contributed by atoms with van der Waals surface area (Å²) in [5.74, 6) is -0.307. The Hall–Kier alpha value is -2.72. The van der Waals surface area contributed by atoms with Gasteiger partial charge in [0.25, 0.3) is 5.56 Å². The van der Waals surface area contributed by atoms with Crippen molar-refractivity contribution in [1.29, 1.82) is 0 Å². The number of rotatable bonds is 4. The van der Waals surface area contributed by atoms with E-state index in [1.165, 1.54) is 21.5 Å². The van der Waals surface area contributed by atoms with Gasteiger partial charge in [-0.25, -0.2) is 13.2 Å². The van der Waals surface area contributed by atoms with Crippen molar-refractivity contribution in [3.63, 3.8) is 0 Å². The average Bonchev–Trinajstić information content (AvgIpc) is 2.66. The van der Waals surface area contributed by atoms with Crippen LogP contribution in [-0.2, 0) is 21.4 Å². The van der Waals surface area contributed by atoms with E-state index in [2.05, 4.69) is 4.98 Å². The van der Waals surface area contributed by atoms with Crippen LogP contribution in [0.5, 0.6) is 0 Å². The summed E-state index contributed by atoms with van der Waals surface area (Å²) in [5, 5.41) is 0. The van der Waals surface area contributed by atoms with Crippen LogP contribution in [0.4, 0.5) is 0 Å². The summed E-state index contributed by atoms with van der Waals surface area (Å²) in [5.41, 5.74) is 0.363. The molecule has 1 fully saturated rings. The van der Waals surface area contributed by atoms with E-state index in [0.717, 1.165) is 10.1 Å². The molecule has 0 unspecified atom stereocenters. The first-order valence-electron chi connectivity index (χ1n) is 8.83. The number of hydrogen-bond acceptors (Lipinski definition) is 5. The number of H-pyrrole nitrogens is 1. The third-order valence-corrected chi connectivity index (χ3v) is 6.80. The number of nitrogens with one attached hydrogen (secondary N) is 1. The molecule has 0 bridgehead atoms. The summed E-state index contributed by atoms with van der Waals surface area (Å²) in [7, 11) is -3.63. The fourth-order valence-electron chi connectivity index (χ4n) is 3.12. The lowest BCUT2D eigenvalue weighted by Gasteiger charge is -2.34. The first kappa shape index (κ1) is 20.0. The number of aromatic nitrogens is 2. The van der Waals surface area contributed by atoms with Gasteiger partial charge in [0.1, 0.15) is 6.54 Å². The summed E-state index contributed by atoms with van der Waals surface area (Å²) < 4.78 is 28.4. The Morgan fingerprint density at radius 3 is 2.39 bits per heavy atom. The van der Waals surface area contributed by atoms with Crippen LogP contribution in [0.15, 0.2) is 44.9 Å². The van der Waals surface area contributed by atoms with Gasteiger partial charge in [-0.2, -0.15) is 4.31 Å². The number of piperazine rings is 1. The van der Waals surface area contributed by atoms with Crippen LogP contribution in [0.2, 0.25) is 0 Å². The molecule has 3 rings (SSSR count). The van der Waals surface area contributed by atoms with E-state index in [1.807, 2.05) is 13.0 Å². The lowest BCUT2D eigenvalue weighted by atomic mass is 10.2. The largest absolute Gasteiger partial charge is 0.338 e. The number of aromatic amines is 1. The number of sulfonamides is 1. The maximum Gasteiger partial charge on any atom is 0.328 e. The molecule has 1 N–H and O–H groups in total. The van der Waals surface area contributed by atoms with E-state index >= 15 is 0 Å². The average molecular weight is 406 g/mol. The lowest BCUT2D eigenvalue weighted by Crippen LogP contribution is -2.51. The maximum absolute atomic E-state index is 12.9. The number of carbonyl (C=O) groups is 1. The van der Waals surface area contributed by atoms with Crippen molar-refractivity contribution in [2.45, 2.75) is 25.3 Å². The van der Waals surface area contributed by atoms with Crippen molar-refractivity contribution >= 4 is 15.9 Å². The first-order chi connectivity index (χ1) is 13.2. The van der Waals surface area contributed by atoms with Gasteiger partial charge in [-0.05, 0) is 31.0 Å². The number of benzene rings is 1. The standard InChI is InChI=1S/C18H22N4O5S/c1-13-3-4-14(2)15(11-13)28(26,27)22-9-7-20(8-10-22)17(24)12-21-6-5-16(23)19-18(21)25/h3-6,11H,7-10,12H2,1-2H3,(H,19,23,25). The zero-order valence-corrected chi connectivity index (χ0v) is 16.5. The Morgan fingerprint density at radius 2 is 1.75 bits per heavy atom. The van der Waals surface area contributed by atoms with Crippen LogP contribution < -0.4 is 11.2 Å². The van der Waals surface area contributed by atoms with Gasteiger partial charge < -0.3 is 4.90 Å². The van der Waals surface area contributed by atoms with Gasteiger partial charge in [0.15, 0.2) is 0 Å². The molecular weight excluding hydrogens is 384 g/mol. The highest BCUT2D eigenvalue weighted by Crippen LogP contribution is 2.22. The molecule has 0 atom stereocenters. The second-order valence-corrected chi connectivity index (χ2v) is 8.70. The molecule has 0 radical (unpaired) electrons. The fourth-order valence-corrected chi connectivity index (χ4v) is 4.85. The van der Waals surface area contributed by atoms with Crippen molar-refractivity contribution in [3.8, 4) is 0 Å². The van der Waals surface area contributed by atoms with Crippen molar-refractivity contribution in [2.75, 3.05) is 26.2 Å². The molecule has 1 saturated heterocycles. The molecular formula is C18H22N4O5S. The molecule has 0 aliphatic carbocycles. The third-order valence-electron chi connectivity index (χ3n) is 4.76. The van der Waals surface area contributed by atoms with Gasteiger partial charge in [-0.3, -0.25) is 19.1 Å². The normalized spacial score (nSPS) is 15.6. The highest BCUT2D eigenvalue weighted by molar-refractivity contribution is 7.89. The van der Waals surface area contributed by atoms with Crippen molar-refractivity contribution in [2.24, 2.45) is 0 Å². The zero-order chi connectivity index (χ0) is 20.5. The molecule has 2 aromatic rings. The summed E-state index contributed by atoms with van der Waals surface area (Å²) in [6, 6.07) is 6.47. The number of nitrogens with zero attached hydrogens (tertiary/aromatic N) is 3. The summed E-state index contributed by atoms with van der Waals surface area (Å²) in [6.45, 7) is 4.23. The maximum atomic E-state index is 12.9. The molecule has 10 heteroatoms. The smallest absolute Gasteiger partial charge is 0.328 e.